The number of nitrogens with zero attached hydrogens (tertiary/aromatic N) is 1. The van der Waals surface area contributed by atoms with Crippen LogP contribution in [-0.2, 0) is 29.0 Å². The summed E-state index contributed by atoms with van der Waals surface area (Å²) < 4.78 is 5.35. The van der Waals surface area contributed by atoms with Crippen LogP contribution in [0.15, 0.2) is 78.9 Å². The second kappa shape index (κ2) is 12.1. The quantitative estimate of drug-likeness (QED) is 0.474. The molecule has 3 aromatic rings. The molecule has 5 nitrogen and oxygen atoms in total. The number of amides is 2. The molecular weight excluding hydrogens is 436 g/mol. The molecule has 0 unspecified atom stereocenters. The molecule has 3 rings (SSSR count). The van der Waals surface area contributed by atoms with Gasteiger partial charge in [0.1, 0.15) is 11.8 Å². The summed E-state index contributed by atoms with van der Waals surface area (Å²) in [6.07, 6.45) is 0.563. The first-order valence-electron chi connectivity index (χ1n) is 11.0. The average Bonchev–Trinajstić information content (AvgIpc) is 2.82. The summed E-state index contributed by atoms with van der Waals surface area (Å²) >= 11 is 6.13. The van der Waals surface area contributed by atoms with Crippen LogP contribution in [0.5, 0.6) is 5.75 Å². The Labute approximate surface area is 200 Å². The van der Waals surface area contributed by atoms with Crippen LogP contribution in [-0.4, -0.2) is 36.4 Å². The second-order valence-electron chi connectivity index (χ2n) is 7.78. The molecule has 0 saturated carbocycles. The Morgan fingerprint density at radius 2 is 1.64 bits per heavy atom. The normalized spacial score (nSPS) is 11.5. The lowest BCUT2D eigenvalue weighted by atomic mass is 10.0. The van der Waals surface area contributed by atoms with Crippen LogP contribution in [0.3, 0.4) is 0 Å². The molecule has 0 aliphatic rings. The van der Waals surface area contributed by atoms with E-state index in [-0.39, 0.29) is 24.8 Å². The first-order valence-corrected chi connectivity index (χ1v) is 11.4. The predicted molar refractivity (Wildman–Crippen MR) is 131 cm³/mol. The first-order chi connectivity index (χ1) is 16.0. The minimum atomic E-state index is -0.662. The van der Waals surface area contributed by atoms with E-state index < -0.39 is 6.04 Å². The van der Waals surface area contributed by atoms with Crippen molar-refractivity contribution in [3.8, 4) is 5.75 Å². The van der Waals surface area contributed by atoms with E-state index >= 15 is 0 Å². The molecule has 2 amide bonds. The van der Waals surface area contributed by atoms with Crippen molar-refractivity contribution in [2.24, 2.45) is 0 Å². The fourth-order valence-corrected chi connectivity index (χ4v) is 3.95. The number of benzene rings is 3. The monoisotopic (exact) mass is 464 g/mol. The van der Waals surface area contributed by atoms with E-state index in [2.05, 4.69) is 5.32 Å². The number of carbonyl (C=O) groups excluding carboxylic acids is 2. The smallest absolute Gasteiger partial charge is 0.243 e. The number of hydrogen-bond acceptors (Lipinski definition) is 3. The van der Waals surface area contributed by atoms with Crippen molar-refractivity contribution in [2.45, 2.75) is 32.4 Å². The summed E-state index contributed by atoms with van der Waals surface area (Å²) in [6, 6.07) is 23.9. The summed E-state index contributed by atoms with van der Waals surface area (Å²) in [4.78, 5) is 28.4. The van der Waals surface area contributed by atoms with Gasteiger partial charge in [0.15, 0.2) is 0 Å². The third kappa shape index (κ3) is 7.09. The summed E-state index contributed by atoms with van der Waals surface area (Å²) in [5.41, 5.74) is 2.67. The number of methoxy groups -OCH3 is 1. The van der Waals surface area contributed by atoms with Crippen molar-refractivity contribution >= 4 is 23.4 Å². The van der Waals surface area contributed by atoms with Gasteiger partial charge in [-0.1, -0.05) is 66.2 Å². The number of ether oxygens (including phenoxy) is 1. The zero-order valence-corrected chi connectivity index (χ0v) is 19.7. The van der Waals surface area contributed by atoms with Crippen molar-refractivity contribution in [2.75, 3.05) is 13.7 Å². The maximum absolute atomic E-state index is 13.6. The molecule has 0 radical (unpaired) electrons. The van der Waals surface area contributed by atoms with Gasteiger partial charge in [-0.15, -0.1) is 0 Å². The molecule has 0 aliphatic carbocycles. The van der Waals surface area contributed by atoms with Crippen molar-refractivity contribution in [1.29, 1.82) is 0 Å². The van der Waals surface area contributed by atoms with Gasteiger partial charge in [0.2, 0.25) is 11.8 Å². The Kier molecular flexibility index (Phi) is 8.90. The van der Waals surface area contributed by atoms with Crippen molar-refractivity contribution in [3.63, 3.8) is 0 Å². The molecule has 0 spiro atoms. The molecule has 0 aromatic heterocycles. The topological polar surface area (TPSA) is 58.6 Å². The van der Waals surface area contributed by atoms with Gasteiger partial charge < -0.3 is 15.0 Å². The van der Waals surface area contributed by atoms with Gasteiger partial charge >= 0.3 is 0 Å². The third-order valence-electron chi connectivity index (χ3n) is 5.35. The van der Waals surface area contributed by atoms with Crippen LogP contribution in [0.1, 0.15) is 23.6 Å². The molecule has 172 valence electrons. The van der Waals surface area contributed by atoms with Crippen molar-refractivity contribution in [1.82, 2.24) is 10.2 Å². The molecule has 1 atom stereocenters. The molecule has 0 heterocycles. The number of carbonyl (C=O) groups is 2. The number of likely N-dealkylation sites (N-methyl/N-ethyl adjacent to an activating group) is 1. The van der Waals surface area contributed by atoms with Crippen LogP contribution in [0.25, 0.3) is 0 Å². The number of hydrogen-bond donors (Lipinski definition) is 1. The van der Waals surface area contributed by atoms with Gasteiger partial charge in [0, 0.05) is 24.5 Å². The Balaban J connectivity index is 1.96. The Morgan fingerprint density at radius 1 is 0.939 bits per heavy atom. The SMILES string of the molecule is CCNC(=O)[C@@H](Cc1ccccc1)N(Cc1cccc(OC)c1)C(=O)Cc1cccc(Cl)c1. The lowest BCUT2D eigenvalue weighted by Crippen LogP contribution is -2.50. The fraction of sp³-hybridized carbons (Fsp3) is 0.259. The molecule has 3 aromatic carbocycles. The van der Waals surface area contributed by atoms with Crippen LogP contribution in [0.2, 0.25) is 5.02 Å². The molecule has 0 aliphatic heterocycles. The summed E-state index contributed by atoms with van der Waals surface area (Å²) in [5, 5.41) is 3.48. The molecule has 1 N–H and O–H groups in total. The third-order valence-corrected chi connectivity index (χ3v) is 5.59. The second-order valence-corrected chi connectivity index (χ2v) is 8.22. The zero-order chi connectivity index (χ0) is 23.6. The molecular formula is C27H29ClN2O3. The fourth-order valence-electron chi connectivity index (χ4n) is 3.74. The summed E-state index contributed by atoms with van der Waals surface area (Å²) in [6.45, 7) is 2.64. The van der Waals surface area contributed by atoms with E-state index in [9.17, 15) is 9.59 Å². The maximum atomic E-state index is 13.6. The lowest BCUT2D eigenvalue weighted by Gasteiger charge is -2.31. The summed E-state index contributed by atoms with van der Waals surface area (Å²) in [7, 11) is 1.61. The largest absolute Gasteiger partial charge is 0.497 e. The van der Waals surface area contributed by atoms with Gasteiger partial charge in [-0.05, 0) is 47.9 Å². The van der Waals surface area contributed by atoms with E-state index in [0.29, 0.717) is 23.7 Å². The molecule has 0 saturated heterocycles. The van der Waals surface area contributed by atoms with Gasteiger partial charge in [-0.25, -0.2) is 0 Å². The molecule has 6 heteroatoms. The highest BCUT2D eigenvalue weighted by atomic mass is 35.5. The van der Waals surface area contributed by atoms with Gasteiger partial charge in [-0.3, -0.25) is 9.59 Å². The van der Waals surface area contributed by atoms with E-state index in [1.807, 2.05) is 73.7 Å². The van der Waals surface area contributed by atoms with E-state index in [1.165, 1.54) is 0 Å². The standard InChI is InChI=1S/C27H29ClN2O3/c1-3-29-27(32)25(17-20-9-5-4-6-10-20)30(19-22-12-8-14-24(16-22)33-2)26(31)18-21-11-7-13-23(28)15-21/h4-16,25H,3,17-19H2,1-2H3,(H,29,32)/t25-/m1/s1. The zero-order valence-electron chi connectivity index (χ0n) is 19.0. The van der Waals surface area contributed by atoms with Crippen molar-refractivity contribution < 1.29 is 14.3 Å². The first kappa shape index (κ1) is 24.3. The molecule has 33 heavy (non-hydrogen) atoms. The number of nitrogens with one attached hydrogen (secondary N) is 1. The Bertz CT molecular complexity index is 1070. The highest BCUT2D eigenvalue weighted by Gasteiger charge is 2.30. The van der Waals surface area contributed by atoms with Crippen molar-refractivity contribution in [3.05, 3.63) is 101 Å². The highest BCUT2D eigenvalue weighted by Crippen LogP contribution is 2.20. The average molecular weight is 465 g/mol. The summed E-state index contributed by atoms with van der Waals surface area (Å²) in [5.74, 6) is 0.378. The van der Waals surface area contributed by atoms with E-state index in [1.54, 1.807) is 24.1 Å². The number of rotatable bonds is 10. The minimum absolute atomic E-state index is 0.146. The Morgan fingerprint density at radius 3 is 2.33 bits per heavy atom. The predicted octanol–water partition coefficient (Wildman–Crippen LogP) is 4.67. The van der Waals surface area contributed by atoms with Crippen LogP contribution >= 0.6 is 11.6 Å². The van der Waals surface area contributed by atoms with Crippen LogP contribution in [0, 0.1) is 0 Å². The maximum Gasteiger partial charge on any atom is 0.243 e. The van der Waals surface area contributed by atoms with Crippen LogP contribution in [0.4, 0.5) is 0 Å². The van der Waals surface area contributed by atoms with Gasteiger partial charge in [-0.2, -0.15) is 0 Å². The molecule has 0 fully saturated rings. The van der Waals surface area contributed by atoms with E-state index in [0.717, 1.165) is 16.7 Å². The van der Waals surface area contributed by atoms with Gasteiger partial charge in [0.25, 0.3) is 0 Å². The van der Waals surface area contributed by atoms with E-state index in [4.69, 9.17) is 16.3 Å². The Hall–Kier alpha value is -3.31. The molecule has 0 bridgehead atoms. The minimum Gasteiger partial charge on any atom is -0.497 e. The highest BCUT2D eigenvalue weighted by molar-refractivity contribution is 6.30. The van der Waals surface area contributed by atoms with Crippen LogP contribution < -0.4 is 10.1 Å². The number of halogens is 1. The van der Waals surface area contributed by atoms with Gasteiger partial charge in [0.05, 0.1) is 13.5 Å². The lowest BCUT2D eigenvalue weighted by molar-refractivity contribution is -0.140.